The monoisotopic (exact) mass is 387 g/mol. The van der Waals surface area contributed by atoms with Gasteiger partial charge in [0.25, 0.3) is 5.91 Å². The van der Waals surface area contributed by atoms with Gasteiger partial charge in [-0.1, -0.05) is 0 Å². The van der Waals surface area contributed by atoms with Crippen LogP contribution in [0.2, 0.25) is 0 Å². The fraction of sp³-hybridized carbons (Fsp3) is 0.0952. The maximum atomic E-state index is 12.4. The zero-order chi connectivity index (χ0) is 20.2. The van der Waals surface area contributed by atoms with Crippen molar-refractivity contribution in [3.8, 4) is 28.5 Å². The number of methoxy groups -OCH3 is 1. The van der Waals surface area contributed by atoms with Crippen molar-refractivity contribution in [3.05, 3.63) is 72.6 Å². The highest BCUT2D eigenvalue weighted by atomic mass is 16.5. The van der Waals surface area contributed by atoms with Crippen LogP contribution in [0.25, 0.3) is 22.6 Å². The van der Waals surface area contributed by atoms with E-state index in [1.165, 1.54) is 13.3 Å². The van der Waals surface area contributed by atoms with Gasteiger partial charge in [-0.25, -0.2) is 9.97 Å². The molecule has 0 unspecified atom stereocenters. The maximum absolute atomic E-state index is 12.4. The Morgan fingerprint density at radius 1 is 1.10 bits per heavy atom. The Labute approximate surface area is 166 Å². The molecule has 0 atom stereocenters. The minimum Gasteiger partial charge on any atom is -0.481 e. The number of anilines is 1. The number of amides is 1. The molecule has 0 bridgehead atoms. The average molecular weight is 387 g/mol. The average Bonchev–Trinajstić information content (AvgIpc) is 3.29. The van der Waals surface area contributed by atoms with Crippen LogP contribution in [0.4, 0.5) is 5.82 Å². The van der Waals surface area contributed by atoms with E-state index < -0.39 is 0 Å². The van der Waals surface area contributed by atoms with Crippen LogP contribution in [0.15, 0.2) is 65.9 Å². The van der Waals surface area contributed by atoms with Crippen molar-refractivity contribution in [2.24, 2.45) is 0 Å². The van der Waals surface area contributed by atoms with Crippen molar-refractivity contribution in [2.75, 3.05) is 12.4 Å². The lowest BCUT2D eigenvalue weighted by molar-refractivity contribution is 0.102. The molecule has 0 aliphatic carbocycles. The molecule has 1 amide bonds. The van der Waals surface area contributed by atoms with E-state index in [2.05, 4.69) is 25.3 Å². The van der Waals surface area contributed by atoms with Gasteiger partial charge in [-0.15, -0.1) is 0 Å². The maximum Gasteiger partial charge on any atom is 0.257 e. The standard InChI is InChI=1S/C21H17N5O3/c1-13-9-22-6-5-15(13)20(27)26-19-12-23-17(11-24-19)16-8-14(10-25-21(16)28-2)18-4-3-7-29-18/h3-12H,1-2H3,(H,24,26,27). The molecule has 0 aliphatic heterocycles. The van der Waals surface area contributed by atoms with Crippen molar-refractivity contribution in [2.45, 2.75) is 6.92 Å². The van der Waals surface area contributed by atoms with Gasteiger partial charge in [0, 0.05) is 29.7 Å². The van der Waals surface area contributed by atoms with Crippen LogP contribution >= 0.6 is 0 Å². The molecule has 144 valence electrons. The van der Waals surface area contributed by atoms with Gasteiger partial charge in [-0.05, 0) is 36.8 Å². The fourth-order valence-electron chi connectivity index (χ4n) is 2.82. The first-order chi connectivity index (χ1) is 14.2. The number of carbonyl (C=O) groups excluding carboxylic acids is 1. The van der Waals surface area contributed by atoms with E-state index in [9.17, 15) is 4.79 Å². The second-order valence-corrected chi connectivity index (χ2v) is 6.19. The van der Waals surface area contributed by atoms with Gasteiger partial charge < -0.3 is 14.5 Å². The molecule has 0 fully saturated rings. The number of aryl methyl sites for hydroxylation is 1. The third-order valence-electron chi connectivity index (χ3n) is 4.28. The van der Waals surface area contributed by atoms with E-state index in [0.717, 1.165) is 11.1 Å². The normalized spacial score (nSPS) is 10.6. The summed E-state index contributed by atoms with van der Waals surface area (Å²) in [5.41, 5.74) is 3.32. The molecule has 29 heavy (non-hydrogen) atoms. The van der Waals surface area contributed by atoms with Crippen LogP contribution in [-0.2, 0) is 0 Å². The minimum absolute atomic E-state index is 0.272. The van der Waals surface area contributed by atoms with E-state index in [4.69, 9.17) is 9.15 Å². The molecule has 8 heteroatoms. The van der Waals surface area contributed by atoms with E-state index in [1.807, 2.05) is 19.1 Å². The predicted octanol–water partition coefficient (Wildman–Crippen LogP) is 3.76. The van der Waals surface area contributed by atoms with E-state index in [-0.39, 0.29) is 5.91 Å². The Bertz CT molecular complexity index is 1140. The van der Waals surface area contributed by atoms with Gasteiger partial charge in [-0.2, -0.15) is 0 Å². The van der Waals surface area contributed by atoms with E-state index >= 15 is 0 Å². The molecular weight excluding hydrogens is 370 g/mol. The Balaban J connectivity index is 1.60. The molecule has 0 saturated carbocycles. The number of nitrogens with zero attached hydrogens (tertiary/aromatic N) is 4. The molecule has 0 radical (unpaired) electrons. The first-order valence-electron chi connectivity index (χ1n) is 8.78. The van der Waals surface area contributed by atoms with Crippen LogP contribution in [0.3, 0.4) is 0 Å². The van der Waals surface area contributed by atoms with Crippen LogP contribution < -0.4 is 10.1 Å². The highest BCUT2D eigenvalue weighted by Gasteiger charge is 2.14. The summed E-state index contributed by atoms with van der Waals surface area (Å²) in [5.74, 6) is 1.17. The number of furan rings is 1. The van der Waals surface area contributed by atoms with E-state index in [0.29, 0.717) is 34.3 Å². The van der Waals surface area contributed by atoms with Crippen LogP contribution in [0, 0.1) is 6.92 Å². The van der Waals surface area contributed by atoms with Crippen LogP contribution in [-0.4, -0.2) is 33.0 Å². The fourth-order valence-corrected chi connectivity index (χ4v) is 2.82. The molecule has 4 aromatic rings. The predicted molar refractivity (Wildman–Crippen MR) is 106 cm³/mol. The molecule has 0 saturated heterocycles. The summed E-state index contributed by atoms with van der Waals surface area (Å²) in [6.07, 6.45) is 9.52. The summed E-state index contributed by atoms with van der Waals surface area (Å²) >= 11 is 0. The summed E-state index contributed by atoms with van der Waals surface area (Å²) in [6, 6.07) is 7.18. The number of aromatic nitrogens is 4. The SMILES string of the molecule is COc1ncc(-c2ccco2)cc1-c1cnc(NC(=O)c2ccncc2C)cn1. The van der Waals surface area contributed by atoms with Crippen LogP contribution in [0.1, 0.15) is 15.9 Å². The second kappa shape index (κ2) is 7.89. The largest absolute Gasteiger partial charge is 0.481 e. The van der Waals surface area contributed by atoms with Gasteiger partial charge >= 0.3 is 0 Å². The summed E-state index contributed by atoms with van der Waals surface area (Å²) < 4.78 is 10.8. The zero-order valence-electron chi connectivity index (χ0n) is 15.8. The van der Waals surface area contributed by atoms with Crippen molar-refractivity contribution in [1.29, 1.82) is 0 Å². The summed E-state index contributed by atoms with van der Waals surface area (Å²) in [6.45, 7) is 1.82. The Hall–Kier alpha value is -4.07. The quantitative estimate of drug-likeness (QED) is 0.556. The third-order valence-corrected chi connectivity index (χ3v) is 4.28. The highest BCUT2D eigenvalue weighted by Crippen LogP contribution is 2.31. The van der Waals surface area contributed by atoms with Gasteiger partial charge in [0.05, 0.1) is 37.0 Å². The lowest BCUT2D eigenvalue weighted by Gasteiger charge is -2.10. The molecule has 4 aromatic heterocycles. The first-order valence-corrected chi connectivity index (χ1v) is 8.78. The number of nitrogens with one attached hydrogen (secondary N) is 1. The second-order valence-electron chi connectivity index (χ2n) is 6.19. The zero-order valence-corrected chi connectivity index (χ0v) is 15.8. The summed E-state index contributed by atoms with van der Waals surface area (Å²) in [7, 11) is 1.54. The van der Waals surface area contributed by atoms with Gasteiger partial charge in [0.1, 0.15) is 5.76 Å². The Kier molecular flexibility index (Phi) is 4.98. The number of hydrogen-bond acceptors (Lipinski definition) is 7. The molecule has 1 N–H and O–H groups in total. The van der Waals surface area contributed by atoms with Gasteiger partial charge in [0.15, 0.2) is 5.82 Å². The molecule has 8 nitrogen and oxygen atoms in total. The topological polar surface area (TPSA) is 103 Å². The summed E-state index contributed by atoms with van der Waals surface area (Å²) in [5, 5.41) is 2.74. The lowest BCUT2D eigenvalue weighted by atomic mass is 10.1. The molecule has 4 heterocycles. The number of rotatable bonds is 5. The molecule has 4 rings (SSSR count). The number of carbonyl (C=O) groups is 1. The first kappa shape index (κ1) is 18.3. The van der Waals surface area contributed by atoms with Crippen molar-refractivity contribution >= 4 is 11.7 Å². The smallest absolute Gasteiger partial charge is 0.257 e. The van der Waals surface area contributed by atoms with Gasteiger partial charge in [-0.3, -0.25) is 14.8 Å². The lowest BCUT2D eigenvalue weighted by Crippen LogP contribution is -2.14. The number of pyridine rings is 2. The van der Waals surface area contributed by atoms with Crippen molar-refractivity contribution in [1.82, 2.24) is 19.9 Å². The van der Waals surface area contributed by atoms with E-state index in [1.54, 1.807) is 43.2 Å². The minimum atomic E-state index is -0.272. The molecular formula is C21H17N5O3. The Morgan fingerprint density at radius 3 is 2.69 bits per heavy atom. The van der Waals surface area contributed by atoms with Crippen molar-refractivity contribution in [3.63, 3.8) is 0 Å². The van der Waals surface area contributed by atoms with Crippen LogP contribution in [0.5, 0.6) is 5.88 Å². The van der Waals surface area contributed by atoms with Crippen molar-refractivity contribution < 1.29 is 13.9 Å². The molecule has 0 aliphatic rings. The van der Waals surface area contributed by atoms with Gasteiger partial charge in [0.2, 0.25) is 5.88 Å². The Morgan fingerprint density at radius 2 is 2.00 bits per heavy atom. The number of hydrogen-bond donors (Lipinski definition) is 1. The third kappa shape index (κ3) is 3.81. The number of ether oxygens (including phenoxy) is 1. The summed E-state index contributed by atoms with van der Waals surface area (Å²) in [4.78, 5) is 29.4. The molecule has 0 aromatic carbocycles. The molecule has 0 spiro atoms. The highest BCUT2D eigenvalue weighted by molar-refractivity contribution is 6.04.